The van der Waals surface area contributed by atoms with Gasteiger partial charge >= 0.3 is 41.6 Å². The third kappa shape index (κ3) is 26200. The van der Waals surface area contributed by atoms with Crippen LogP contribution in [-0.2, 0) is 41.6 Å². The quantitative estimate of drug-likeness (QED) is 0.134. The van der Waals surface area contributed by atoms with Crippen molar-refractivity contribution in [2.75, 3.05) is 0 Å². The molecule has 164 valence electrons. The second-order valence-electron chi connectivity index (χ2n) is 1.79. The first-order chi connectivity index (χ1) is 8.00. The van der Waals surface area contributed by atoms with Crippen molar-refractivity contribution in [1.29, 1.82) is 0 Å². The van der Waals surface area contributed by atoms with E-state index in [1.807, 2.05) is 0 Å². The van der Waals surface area contributed by atoms with Gasteiger partial charge in [-0.05, 0) is 0 Å². The molecule has 0 radical (unpaired) electrons. The van der Waals surface area contributed by atoms with E-state index >= 15 is 0 Å². The van der Waals surface area contributed by atoms with Crippen molar-refractivity contribution in [3.8, 4) is 0 Å². The summed E-state index contributed by atoms with van der Waals surface area (Å²) in [5.74, 6) is 0. The van der Waals surface area contributed by atoms with Gasteiger partial charge in [0.15, 0.2) is 0 Å². The molecule has 20 nitrogen and oxygen atoms in total. The van der Waals surface area contributed by atoms with Crippen LogP contribution in [0.15, 0.2) is 0 Å². The van der Waals surface area contributed by atoms with Crippen LogP contribution in [0.1, 0.15) is 0 Å². The zero-order chi connectivity index (χ0) is 18.0. The molecule has 20 N–H and O–H groups in total. The Balaban J connectivity index is -0.0000000183. The van der Waals surface area contributed by atoms with Gasteiger partial charge in [0.05, 0.1) is 0 Å². The Labute approximate surface area is 176 Å². The second kappa shape index (κ2) is 22.7. The Morgan fingerprint density at radius 3 is 0.320 bits per heavy atom. The van der Waals surface area contributed by atoms with Crippen molar-refractivity contribution in [2.24, 2.45) is 0 Å². The molecule has 0 fully saturated rings. The molecular weight excluding hydrogens is 580 g/mol. The third-order valence-electron chi connectivity index (χ3n) is 0. The number of hydrogen-bond donors (Lipinski definition) is 12. The first-order valence-electron chi connectivity index (χ1n) is 2.79. The van der Waals surface area contributed by atoms with Gasteiger partial charge in [0.25, 0.3) is 0 Å². The minimum atomic E-state index is -4.67. The molecule has 0 aliphatic rings. The minimum absolute atomic E-state index is 0. The molecular formula is H20CeN4O16S4. The summed E-state index contributed by atoms with van der Waals surface area (Å²) in [6.45, 7) is 0. The molecule has 0 aliphatic heterocycles. The summed E-state index contributed by atoms with van der Waals surface area (Å²) in [4.78, 5) is 0. The van der Waals surface area contributed by atoms with Crippen LogP contribution in [0.25, 0.3) is 0 Å². The van der Waals surface area contributed by atoms with E-state index in [1.54, 1.807) is 0 Å². The molecule has 0 aromatic carbocycles. The fourth-order valence-electron chi connectivity index (χ4n) is 0. The van der Waals surface area contributed by atoms with Gasteiger partial charge in [0.2, 0.25) is 0 Å². The van der Waals surface area contributed by atoms with Gasteiger partial charge in [0, 0.05) is 41.7 Å². The summed E-state index contributed by atoms with van der Waals surface area (Å²) in [7, 11) is -18.7. The maximum absolute atomic E-state index is 8.74. The molecule has 0 aromatic heterocycles. The summed E-state index contributed by atoms with van der Waals surface area (Å²) < 4.78 is 126. The standard InChI is InChI=1S/Ce.4H3N.4H2O4S/c;;;;;4*1-5(2,3)4/h;4*1H3;4*(H2,1,2,3,4). The summed E-state index contributed by atoms with van der Waals surface area (Å²) in [6.07, 6.45) is 0. The number of hydrogen-bond acceptors (Lipinski definition) is 12. The minimum Gasteiger partial charge on any atom is -0.344 e. The van der Waals surface area contributed by atoms with Crippen LogP contribution in [0, 0.1) is 41.7 Å². The molecule has 0 saturated carbocycles. The first-order valence-corrected chi connectivity index (χ1v) is 8.38. The molecule has 0 amide bonds. The molecule has 0 heterocycles. The molecule has 0 rings (SSSR count). The summed E-state index contributed by atoms with van der Waals surface area (Å²) in [6, 6.07) is 0. The van der Waals surface area contributed by atoms with E-state index < -0.39 is 41.6 Å². The fourth-order valence-corrected chi connectivity index (χ4v) is 0. The molecule has 0 spiro atoms. The summed E-state index contributed by atoms with van der Waals surface area (Å²) in [5.41, 5.74) is 0. The van der Waals surface area contributed by atoms with Gasteiger partial charge < -0.3 is 24.6 Å². The van der Waals surface area contributed by atoms with Crippen LogP contribution in [0.2, 0.25) is 0 Å². The average Bonchev–Trinajstić information content (AvgIpc) is 1.62. The zero-order valence-electron chi connectivity index (χ0n) is 11.8. The van der Waals surface area contributed by atoms with Crippen molar-refractivity contribution in [2.45, 2.75) is 0 Å². The van der Waals surface area contributed by atoms with Gasteiger partial charge in [-0.15, -0.1) is 0 Å². The SMILES string of the molecule is N.N.N.N.O=S(=O)(O)O.O=S(=O)(O)O.O=S(=O)(O)O.O=S(=O)(O)O.[Ce]. The Kier molecular flexibility index (Phi) is 51.1. The summed E-state index contributed by atoms with van der Waals surface area (Å²) in [5, 5.41) is 0. The average molecular weight is 601 g/mol. The number of rotatable bonds is 0. The van der Waals surface area contributed by atoms with Crippen molar-refractivity contribution in [1.82, 2.24) is 24.6 Å². The van der Waals surface area contributed by atoms with Crippen LogP contribution < -0.4 is 24.6 Å². The molecule has 0 unspecified atom stereocenters. The zero-order valence-corrected chi connectivity index (χ0v) is 18.2. The van der Waals surface area contributed by atoms with Gasteiger partial charge in [0.1, 0.15) is 0 Å². The van der Waals surface area contributed by atoms with Crippen molar-refractivity contribution < 1.29 is 112 Å². The van der Waals surface area contributed by atoms with Gasteiger partial charge in [-0.3, -0.25) is 36.4 Å². The van der Waals surface area contributed by atoms with Gasteiger partial charge in [-0.1, -0.05) is 0 Å². The van der Waals surface area contributed by atoms with E-state index in [1.165, 1.54) is 0 Å². The van der Waals surface area contributed by atoms with Crippen molar-refractivity contribution >= 4 is 41.6 Å². The van der Waals surface area contributed by atoms with E-state index in [-0.39, 0.29) is 66.3 Å². The van der Waals surface area contributed by atoms with E-state index in [0.717, 1.165) is 0 Å². The van der Waals surface area contributed by atoms with Crippen molar-refractivity contribution in [3.63, 3.8) is 0 Å². The fraction of sp³-hybridized carbons (Fsp3) is 0. The van der Waals surface area contributed by atoms with Gasteiger partial charge in [-0.25, -0.2) is 0 Å². The van der Waals surface area contributed by atoms with Crippen LogP contribution in [0.4, 0.5) is 0 Å². The maximum atomic E-state index is 8.74. The second-order valence-corrected chi connectivity index (χ2v) is 5.37. The van der Waals surface area contributed by atoms with E-state index in [2.05, 4.69) is 0 Å². The van der Waals surface area contributed by atoms with Crippen LogP contribution in [0.3, 0.4) is 0 Å². The van der Waals surface area contributed by atoms with E-state index in [4.69, 9.17) is 70.1 Å². The predicted molar refractivity (Wildman–Crippen MR) is 76.8 cm³/mol. The Morgan fingerprint density at radius 1 is 0.320 bits per heavy atom. The van der Waals surface area contributed by atoms with Crippen LogP contribution in [-0.4, -0.2) is 70.1 Å². The Bertz CT molecular complexity index is 489. The third-order valence-corrected chi connectivity index (χ3v) is 0. The Hall–Kier alpha value is 0.697. The monoisotopic (exact) mass is 600 g/mol. The van der Waals surface area contributed by atoms with E-state index in [9.17, 15) is 0 Å². The maximum Gasteiger partial charge on any atom is 0.394 e. The molecule has 0 aliphatic carbocycles. The molecule has 25 heteroatoms. The molecule has 25 heavy (non-hydrogen) atoms. The largest absolute Gasteiger partial charge is 0.394 e. The van der Waals surface area contributed by atoms with Crippen LogP contribution >= 0.6 is 0 Å². The smallest absolute Gasteiger partial charge is 0.344 e. The topological polar surface area (TPSA) is 438 Å². The van der Waals surface area contributed by atoms with E-state index in [0.29, 0.717) is 0 Å². The first kappa shape index (κ1) is 56.2. The molecule has 0 atom stereocenters. The van der Waals surface area contributed by atoms with Crippen molar-refractivity contribution in [3.05, 3.63) is 0 Å². The molecule has 0 bridgehead atoms. The Morgan fingerprint density at radius 2 is 0.320 bits per heavy atom. The normalized spacial score (nSPS) is 9.28. The molecule has 0 aromatic rings. The predicted octanol–water partition coefficient (Wildman–Crippen LogP) is -1.96. The molecule has 0 saturated heterocycles. The van der Waals surface area contributed by atoms with Crippen LogP contribution in [0.5, 0.6) is 0 Å². The summed E-state index contributed by atoms with van der Waals surface area (Å²) >= 11 is 0. The van der Waals surface area contributed by atoms with Gasteiger partial charge in [-0.2, -0.15) is 33.7 Å².